The third kappa shape index (κ3) is 5.53. The number of pyridine rings is 1. The molecule has 1 N–H and O–H groups in total. The van der Waals surface area contributed by atoms with E-state index in [0.29, 0.717) is 16.4 Å². The third-order valence-corrected chi connectivity index (χ3v) is 4.78. The van der Waals surface area contributed by atoms with Gasteiger partial charge in [-0.2, -0.15) is 4.39 Å². The van der Waals surface area contributed by atoms with Crippen LogP contribution in [-0.2, 0) is 16.1 Å². The fourth-order valence-electron chi connectivity index (χ4n) is 3.17. The molecule has 0 bridgehead atoms. The third-order valence-electron chi connectivity index (χ3n) is 4.49. The van der Waals surface area contributed by atoms with Gasteiger partial charge in [-0.25, -0.2) is 9.78 Å². The van der Waals surface area contributed by atoms with Gasteiger partial charge in [-0.1, -0.05) is 41.9 Å². The van der Waals surface area contributed by atoms with Crippen molar-refractivity contribution in [2.45, 2.75) is 25.9 Å². The molecule has 1 aromatic carbocycles. The molecule has 0 unspecified atom stereocenters. The molecule has 0 amide bonds. The van der Waals surface area contributed by atoms with Crippen molar-refractivity contribution in [1.82, 2.24) is 9.88 Å². The lowest BCUT2D eigenvalue weighted by atomic mass is 10.2. The molecule has 2 aromatic rings. The molecule has 1 saturated heterocycles. The SMILES string of the molecule is CCOC(=O)/C(F)=C/c1cnc(N[C@@H]2CCN(Cc3ccccc3)C2)c(Cl)c1. The van der Waals surface area contributed by atoms with E-state index >= 15 is 0 Å². The Balaban J connectivity index is 1.58. The zero-order valence-corrected chi connectivity index (χ0v) is 16.5. The number of benzene rings is 1. The van der Waals surface area contributed by atoms with Gasteiger partial charge < -0.3 is 10.1 Å². The Labute approximate surface area is 169 Å². The Bertz CT molecular complexity index is 845. The molecule has 0 saturated carbocycles. The van der Waals surface area contributed by atoms with Crippen LogP contribution in [0.15, 0.2) is 48.4 Å². The molecule has 1 aliphatic rings. The molecule has 1 atom stereocenters. The van der Waals surface area contributed by atoms with E-state index in [-0.39, 0.29) is 12.6 Å². The number of anilines is 1. The quantitative estimate of drug-likeness (QED) is 0.552. The van der Waals surface area contributed by atoms with Crippen LogP contribution < -0.4 is 5.32 Å². The second-order valence-corrected chi connectivity index (χ2v) is 7.07. The molecule has 1 fully saturated rings. The van der Waals surface area contributed by atoms with Gasteiger partial charge in [-0.15, -0.1) is 0 Å². The summed E-state index contributed by atoms with van der Waals surface area (Å²) in [5.74, 6) is -1.42. The molecule has 0 aliphatic carbocycles. The van der Waals surface area contributed by atoms with Crippen LogP contribution in [0.25, 0.3) is 6.08 Å². The molecule has 148 valence electrons. The van der Waals surface area contributed by atoms with Crippen molar-refractivity contribution < 1.29 is 13.9 Å². The van der Waals surface area contributed by atoms with Crippen LogP contribution in [0.3, 0.4) is 0 Å². The zero-order chi connectivity index (χ0) is 19.9. The number of carbonyl (C=O) groups is 1. The minimum atomic E-state index is -0.995. The van der Waals surface area contributed by atoms with Gasteiger partial charge in [0.1, 0.15) is 5.82 Å². The number of esters is 1. The van der Waals surface area contributed by atoms with E-state index in [1.54, 1.807) is 13.0 Å². The van der Waals surface area contributed by atoms with Crippen LogP contribution in [0.5, 0.6) is 0 Å². The van der Waals surface area contributed by atoms with Crippen LogP contribution in [0, 0.1) is 0 Å². The highest BCUT2D eigenvalue weighted by atomic mass is 35.5. The van der Waals surface area contributed by atoms with E-state index in [2.05, 4.69) is 32.1 Å². The second kappa shape index (κ2) is 9.66. The number of hydrogen-bond acceptors (Lipinski definition) is 5. The smallest absolute Gasteiger partial charge is 0.367 e. The molecule has 1 aromatic heterocycles. The Morgan fingerprint density at radius 2 is 2.21 bits per heavy atom. The van der Waals surface area contributed by atoms with Crippen LogP contribution in [0.2, 0.25) is 5.02 Å². The van der Waals surface area contributed by atoms with Crippen LogP contribution in [0.1, 0.15) is 24.5 Å². The summed E-state index contributed by atoms with van der Waals surface area (Å²) in [6.07, 6.45) is 3.53. The molecule has 0 radical (unpaired) electrons. The molecule has 0 spiro atoms. The number of hydrogen-bond donors (Lipinski definition) is 1. The van der Waals surface area contributed by atoms with Crippen molar-refractivity contribution >= 4 is 29.5 Å². The first kappa shape index (κ1) is 20.3. The van der Waals surface area contributed by atoms with Crippen molar-refractivity contribution in [3.8, 4) is 0 Å². The summed E-state index contributed by atoms with van der Waals surface area (Å²) in [7, 11) is 0. The molecule has 5 nitrogen and oxygen atoms in total. The Kier molecular flexibility index (Phi) is 7.01. The number of likely N-dealkylation sites (tertiary alicyclic amines) is 1. The number of rotatable bonds is 7. The first-order valence-electron chi connectivity index (χ1n) is 9.28. The van der Waals surface area contributed by atoms with E-state index in [1.165, 1.54) is 11.8 Å². The van der Waals surface area contributed by atoms with Gasteiger partial charge in [0.15, 0.2) is 0 Å². The van der Waals surface area contributed by atoms with Crippen molar-refractivity contribution in [3.05, 3.63) is 64.6 Å². The van der Waals surface area contributed by atoms with E-state index in [4.69, 9.17) is 11.6 Å². The average Bonchev–Trinajstić information content (AvgIpc) is 3.12. The van der Waals surface area contributed by atoms with E-state index in [9.17, 15) is 9.18 Å². The first-order chi connectivity index (χ1) is 13.5. The van der Waals surface area contributed by atoms with Crippen molar-refractivity contribution in [2.75, 3.05) is 25.0 Å². The summed E-state index contributed by atoms with van der Waals surface area (Å²) in [4.78, 5) is 18.0. The molecule has 1 aliphatic heterocycles. The summed E-state index contributed by atoms with van der Waals surface area (Å²) in [6.45, 7) is 4.54. The topological polar surface area (TPSA) is 54.5 Å². The fourth-order valence-corrected chi connectivity index (χ4v) is 3.40. The largest absolute Gasteiger partial charge is 0.461 e. The molecular weight excluding hydrogens is 381 g/mol. The number of nitrogens with zero attached hydrogens (tertiary/aromatic N) is 2. The van der Waals surface area contributed by atoms with Crippen molar-refractivity contribution in [1.29, 1.82) is 0 Å². The van der Waals surface area contributed by atoms with Crippen molar-refractivity contribution in [3.63, 3.8) is 0 Å². The lowest BCUT2D eigenvalue weighted by molar-refractivity contribution is -0.140. The Morgan fingerprint density at radius 3 is 2.93 bits per heavy atom. The van der Waals surface area contributed by atoms with Crippen molar-refractivity contribution in [2.24, 2.45) is 0 Å². The standard InChI is InChI=1S/C21H23ClFN3O2/c1-2-28-21(27)19(23)11-16-10-18(22)20(24-12-16)25-17-8-9-26(14-17)13-15-6-4-3-5-7-15/h3-7,10-12,17H,2,8-9,13-14H2,1H3,(H,24,25)/b19-11-/t17-/m1/s1. The lowest BCUT2D eigenvalue weighted by Crippen LogP contribution is -2.26. The van der Waals surface area contributed by atoms with Crippen LogP contribution >= 0.6 is 11.6 Å². The lowest BCUT2D eigenvalue weighted by Gasteiger charge is -2.17. The molecule has 28 heavy (non-hydrogen) atoms. The minimum absolute atomic E-state index is 0.116. The summed E-state index contributed by atoms with van der Waals surface area (Å²) in [6, 6.07) is 12.2. The number of nitrogens with one attached hydrogen (secondary N) is 1. The molecule has 7 heteroatoms. The summed E-state index contributed by atoms with van der Waals surface area (Å²) >= 11 is 6.29. The van der Waals surface area contributed by atoms with E-state index in [0.717, 1.165) is 32.1 Å². The monoisotopic (exact) mass is 403 g/mol. The number of carbonyl (C=O) groups excluding carboxylic acids is 1. The van der Waals surface area contributed by atoms with Gasteiger partial charge in [0.2, 0.25) is 5.83 Å². The zero-order valence-electron chi connectivity index (χ0n) is 15.7. The highest BCUT2D eigenvalue weighted by Crippen LogP contribution is 2.25. The minimum Gasteiger partial charge on any atom is -0.461 e. The summed E-state index contributed by atoms with van der Waals surface area (Å²) < 4.78 is 18.4. The second-order valence-electron chi connectivity index (χ2n) is 6.66. The maximum atomic E-state index is 13.7. The summed E-state index contributed by atoms with van der Waals surface area (Å²) in [5, 5.41) is 3.74. The van der Waals surface area contributed by atoms with Crippen LogP contribution in [0.4, 0.5) is 10.2 Å². The first-order valence-corrected chi connectivity index (χ1v) is 9.65. The highest BCUT2D eigenvalue weighted by molar-refractivity contribution is 6.33. The van der Waals surface area contributed by atoms with Gasteiger partial charge in [0.25, 0.3) is 0 Å². The van der Waals surface area contributed by atoms with E-state index in [1.807, 2.05) is 18.2 Å². The maximum absolute atomic E-state index is 13.7. The molecule has 3 rings (SSSR count). The van der Waals surface area contributed by atoms with Gasteiger partial charge in [-0.3, -0.25) is 4.90 Å². The predicted octanol–water partition coefficient (Wildman–Crippen LogP) is 4.29. The molecular formula is C21H23ClFN3O2. The Morgan fingerprint density at radius 1 is 1.43 bits per heavy atom. The number of ether oxygens (including phenoxy) is 1. The van der Waals surface area contributed by atoms with Gasteiger partial charge >= 0.3 is 5.97 Å². The normalized spacial score (nSPS) is 17.5. The van der Waals surface area contributed by atoms with Gasteiger partial charge in [0.05, 0.1) is 11.6 Å². The highest BCUT2D eigenvalue weighted by Gasteiger charge is 2.23. The predicted molar refractivity (Wildman–Crippen MR) is 109 cm³/mol. The molecule has 2 heterocycles. The Hall–Kier alpha value is -2.44. The average molecular weight is 404 g/mol. The number of halogens is 2. The fraction of sp³-hybridized carbons (Fsp3) is 0.333. The van der Waals surface area contributed by atoms with Crippen LogP contribution in [-0.4, -0.2) is 41.6 Å². The van der Waals surface area contributed by atoms with Gasteiger partial charge in [0, 0.05) is 31.9 Å². The summed E-state index contributed by atoms with van der Waals surface area (Å²) in [5.41, 5.74) is 1.69. The van der Waals surface area contributed by atoms with E-state index < -0.39 is 11.8 Å². The van der Waals surface area contributed by atoms with Gasteiger partial charge in [-0.05, 0) is 36.6 Å². The maximum Gasteiger partial charge on any atom is 0.367 e. The number of aromatic nitrogens is 1.